The van der Waals surface area contributed by atoms with E-state index >= 15 is 0 Å². The number of nitrogens with one attached hydrogen (secondary N) is 3. The molecule has 0 unspecified atom stereocenters. The zero-order valence-electron chi connectivity index (χ0n) is 11.2. The molecule has 0 aliphatic carbocycles. The third-order valence-electron chi connectivity index (χ3n) is 3.45. The second kappa shape index (κ2) is 5.76. The zero-order chi connectivity index (χ0) is 14.7. The molecule has 5 nitrogen and oxygen atoms in total. The first-order valence-electron chi connectivity index (χ1n) is 6.72. The van der Waals surface area contributed by atoms with Crippen molar-refractivity contribution < 1.29 is 9.59 Å². The summed E-state index contributed by atoms with van der Waals surface area (Å²) in [6.45, 7) is 0. The molecule has 2 aromatic rings. The van der Waals surface area contributed by atoms with E-state index in [9.17, 15) is 9.59 Å². The summed E-state index contributed by atoms with van der Waals surface area (Å²) in [5, 5.41) is 2.78. The Bertz CT molecular complexity index is 643. The maximum atomic E-state index is 12.2. The van der Waals surface area contributed by atoms with E-state index in [-0.39, 0.29) is 17.9 Å². The van der Waals surface area contributed by atoms with Gasteiger partial charge in [-0.1, -0.05) is 48.5 Å². The molecule has 1 fully saturated rings. The molecule has 1 aliphatic heterocycles. The second-order valence-corrected chi connectivity index (χ2v) is 4.84. The summed E-state index contributed by atoms with van der Waals surface area (Å²) < 4.78 is 0. The van der Waals surface area contributed by atoms with Crippen molar-refractivity contribution in [3.05, 3.63) is 71.8 Å². The molecule has 2 atom stereocenters. The molecule has 0 spiro atoms. The van der Waals surface area contributed by atoms with E-state index in [1.54, 1.807) is 24.3 Å². The van der Waals surface area contributed by atoms with Crippen molar-refractivity contribution in [3.63, 3.8) is 0 Å². The van der Waals surface area contributed by atoms with Gasteiger partial charge in [-0.3, -0.25) is 15.0 Å². The maximum absolute atomic E-state index is 12.2. The maximum Gasteiger partial charge on any atom is 0.258 e. The first-order valence-corrected chi connectivity index (χ1v) is 6.72. The number of hydrazine groups is 1. The Morgan fingerprint density at radius 1 is 0.952 bits per heavy atom. The van der Waals surface area contributed by atoms with Crippen LogP contribution >= 0.6 is 0 Å². The summed E-state index contributed by atoms with van der Waals surface area (Å²) >= 11 is 0. The summed E-state index contributed by atoms with van der Waals surface area (Å²) in [4.78, 5) is 24.1. The fraction of sp³-hybridized carbons (Fsp3) is 0.125. The summed E-state index contributed by atoms with van der Waals surface area (Å²) in [5.41, 5.74) is 6.96. The Hall–Kier alpha value is -2.66. The van der Waals surface area contributed by atoms with Crippen molar-refractivity contribution in [1.82, 2.24) is 16.2 Å². The molecule has 1 aliphatic rings. The highest BCUT2D eigenvalue weighted by Crippen LogP contribution is 2.20. The lowest BCUT2D eigenvalue weighted by atomic mass is 10.0. The summed E-state index contributed by atoms with van der Waals surface area (Å²) in [5.74, 6) is -0.506. The van der Waals surface area contributed by atoms with Gasteiger partial charge in [0.25, 0.3) is 11.8 Å². The predicted octanol–water partition coefficient (Wildman–Crippen LogP) is 1.16. The van der Waals surface area contributed by atoms with Gasteiger partial charge in [0.2, 0.25) is 0 Å². The number of rotatable bonds is 3. The third kappa shape index (κ3) is 2.78. The highest BCUT2D eigenvalue weighted by molar-refractivity contribution is 5.98. The van der Waals surface area contributed by atoms with Gasteiger partial charge in [0.1, 0.15) is 6.04 Å². The van der Waals surface area contributed by atoms with Crippen LogP contribution in [0.5, 0.6) is 0 Å². The largest absolute Gasteiger partial charge is 0.338 e. The van der Waals surface area contributed by atoms with Crippen LogP contribution in [-0.2, 0) is 4.79 Å². The molecule has 1 saturated heterocycles. The first kappa shape index (κ1) is 13.3. The molecule has 5 heteroatoms. The Balaban J connectivity index is 1.79. The lowest BCUT2D eigenvalue weighted by Gasteiger charge is -2.18. The minimum absolute atomic E-state index is 0.242. The molecule has 2 aromatic carbocycles. The number of hydrogen-bond acceptors (Lipinski definition) is 3. The number of hydrogen-bond donors (Lipinski definition) is 3. The van der Waals surface area contributed by atoms with Crippen LogP contribution in [0.1, 0.15) is 22.0 Å². The smallest absolute Gasteiger partial charge is 0.258 e. The lowest BCUT2D eigenvalue weighted by molar-refractivity contribution is -0.121. The SMILES string of the molecule is O=C(N[C@H]1C(=O)NN[C@@H]1c1ccccc1)c1ccccc1. The molecular formula is C16H15N3O2. The van der Waals surface area contributed by atoms with E-state index < -0.39 is 6.04 Å². The van der Waals surface area contributed by atoms with Crippen LogP contribution in [-0.4, -0.2) is 17.9 Å². The Kier molecular flexibility index (Phi) is 3.66. The second-order valence-electron chi connectivity index (χ2n) is 4.84. The average Bonchev–Trinajstić information content (AvgIpc) is 2.90. The predicted molar refractivity (Wildman–Crippen MR) is 78.2 cm³/mol. The van der Waals surface area contributed by atoms with Crippen LogP contribution < -0.4 is 16.2 Å². The molecule has 1 heterocycles. The van der Waals surface area contributed by atoms with Crippen molar-refractivity contribution in [2.45, 2.75) is 12.1 Å². The third-order valence-corrected chi connectivity index (χ3v) is 3.45. The fourth-order valence-electron chi connectivity index (χ4n) is 2.36. The summed E-state index contributed by atoms with van der Waals surface area (Å²) in [6, 6.07) is 17.5. The van der Waals surface area contributed by atoms with Crippen molar-refractivity contribution >= 4 is 11.8 Å². The molecular weight excluding hydrogens is 266 g/mol. The van der Waals surface area contributed by atoms with E-state index in [4.69, 9.17) is 0 Å². The van der Waals surface area contributed by atoms with Crippen LogP contribution in [0.25, 0.3) is 0 Å². The van der Waals surface area contributed by atoms with Crippen molar-refractivity contribution in [3.8, 4) is 0 Å². The minimum atomic E-state index is -0.639. The van der Waals surface area contributed by atoms with Crippen LogP contribution in [0, 0.1) is 0 Å². The molecule has 0 radical (unpaired) electrons. The number of carbonyl (C=O) groups is 2. The monoisotopic (exact) mass is 281 g/mol. The van der Waals surface area contributed by atoms with E-state index in [1.165, 1.54) is 0 Å². The quantitative estimate of drug-likeness (QED) is 0.790. The zero-order valence-corrected chi connectivity index (χ0v) is 11.2. The van der Waals surface area contributed by atoms with Gasteiger partial charge in [0.15, 0.2) is 0 Å². The lowest BCUT2D eigenvalue weighted by Crippen LogP contribution is -2.42. The Labute approximate surface area is 122 Å². The van der Waals surface area contributed by atoms with Crippen molar-refractivity contribution in [1.29, 1.82) is 0 Å². The molecule has 0 aromatic heterocycles. The van der Waals surface area contributed by atoms with Gasteiger partial charge in [-0.15, -0.1) is 0 Å². The van der Waals surface area contributed by atoms with Crippen LogP contribution in [0.15, 0.2) is 60.7 Å². The molecule has 0 bridgehead atoms. The number of amides is 2. The molecule has 0 saturated carbocycles. The normalized spacial score (nSPS) is 20.9. The molecule has 21 heavy (non-hydrogen) atoms. The molecule has 2 amide bonds. The minimum Gasteiger partial charge on any atom is -0.338 e. The molecule has 106 valence electrons. The van der Waals surface area contributed by atoms with Crippen LogP contribution in [0.2, 0.25) is 0 Å². The Morgan fingerprint density at radius 3 is 2.24 bits per heavy atom. The van der Waals surface area contributed by atoms with E-state index in [1.807, 2.05) is 36.4 Å². The standard InChI is InChI=1S/C16H15N3O2/c20-15(12-9-5-2-6-10-12)17-14-13(18-19-16(14)21)11-7-3-1-4-8-11/h1-10,13-14,18H,(H,17,20)(H,19,21)/t13-,14-/m1/s1. The highest BCUT2D eigenvalue weighted by atomic mass is 16.2. The van der Waals surface area contributed by atoms with Gasteiger partial charge in [-0.2, -0.15) is 0 Å². The van der Waals surface area contributed by atoms with Gasteiger partial charge < -0.3 is 5.32 Å². The average molecular weight is 281 g/mol. The number of benzene rings is 2. The molecule has 3 rings (SSSR count). The number of carbonyl (C=O) groups excluding carboxylic acids is 2. The van der Waals surface area contributed by atoms with Crippen LogP contribution in [0.3, 0.4) is 0 Å². The topological polar surface area (TPSA) is 70.2 Å². The summed E-state index contributed by atoms with van der Waals surface area (Å²) in [7, 11) is 0. The van der Waals surface area contributed by atoms with Gasteiger partial charge >= 0.3 is 0 Å². The van der Waals surface area contributed by atoms with Crippen LogP contribution in [0.4, 0.5) is 0 Å². The van der Waals surface area contributed by atoms with Gasteiger partial charge in [-0.05, 0) is 17.7 Å². The van der Waals surface area contributed by atoms with Gasteiger partial charge in [-0.25, -0.2) is 5.43 Å². The van der Waals surface area contributed by atoms with E-state index in [0.717, 1.165) is 5.56 Å². The fourth-order valence-corrected chi connectivity index (χ4v) is 2.36. The van der Waals surface area contributed by atoms with Crippen molar-refractivity contribution in [2.75, 3.05) is 0 Å². The Morgan fingerprint density at radius 2 is 1.57 bits per heavy atom. The van der Waals surface area contributed by atoms with E-state index in [0.29, 0.717) is 5.56 Å². The van der Waals surface area contributed by atoms with Crippen molar-refractivity contribution in [2.24, 2.45) is 0 Å². The first-order chi connectivity index (χ1) is 10.3. The highest BCUT2D eigenvalue weighted by Gasteiger charge is 2.36. The van der Waals surface area contributed by atoms with Gasteiger partial charge in [0, 0.05) is 5.56 Å². The molecule has 3 N–H and O–H groups in total. The summed E-state index contributed by atoms with van der Waals surface area (Å²) in [6.07, 6.45) is 0. The van der Waals surface area contributed by atoms with Gasteiger partial charge in [0.05, 0.1) is 6.04 Å². The van der Waals surface area contributed by atoms with E-state index in [2.05, 4.69) is 16.2 Å².